The van der Waals surface area contributed by atoms with Gasteiger partial charge in [-0.2, -0.15) is 4.98 Å². The molecule has 0 aromatic carbocycles. The Kier molecular flexibility index (Phi) is 4.01. The van der Waals surface area contributed by atoms with Crippen LogP contribution in [0, 0.1) is 6.92 Å². The van der Waals surface area contributed by atoms with E-state index in [4.69, 9.17) is 4.52 Å². The summed E-state index contributed by atoms with van der Waals surface area (Å²) in [5, 5.41) is 7.04. The van der Waals surface area contributed by atoms with Gasteiger partial charge < -0.3 is 19.6 Å². The Balaban J connectivity index is 1.68. The highest BCUT2D eigenvalue weighted by atomic mass is 16.5. The second kappa shape index (κ2) is 6.09. The number of aromatic nitrogens is 3. The third-order valence-electron chi connectivity index (χ3n) is 3.63. The fourth-order valence-electron chi connectivity index (χ4n) is 2.39. The predicted octanol–water partition coefficient (Wildman–Crippen LogP) is 1.66. The van der Waals surface area contributed by atoms with E-state index in [1.165, 1.54) is 0 Å². The molecule has 3 heterocycles. The summed E-state index contributed by atoms with van der Waals surface area (Å²) in [4.78, 5) is 13.6. The zero-order chi connectivity index (χ0) is 14.7. The van der Waals surface area contributed by atoms with Crippen LogP contribution in [0.3, 0.4) is 0 Å². The third-order valence-corrected chi connectivity index (χ3v) is 3.63. The molecule has 0 atom stereocenters. The van der Waals surface area contributed by atoms with E-state index in [-0.39, 0.29) is 0 Å². The summed E-state index contributed by atoms with van der Waals surface area (Å²) in [6.07, 6.45) is 1.77. The second-order valence-corrected chi connectivity index (χ2v) is 5.11. The van der Waals surface area contributed by atoms with Crippen molar-refractivity contribution in [3.63, 3.8) is 0 Å². The van der Waals surface area contributed by atoms with E-state index in [9.17, 15) is 0 Å². The van der Waals surface area contributed by atoms with Gasteiger partial charge in [0.05, 0.1) is 0 Å². The quantitative estimate of drug-likeness (QED) is 0.917. The highest BCUT2D eigenvalue weighted by Gasteiger charge is 2.18. The minimum Gasteiger partial charge on any atom is -0.360 e. The predicted molar refractivity (Wildman–Crippen MR) is 80.9 cm³/mol. The van der Waals surface area contributed by atoms with E-state index in [0.29, 0.717) is 5.82 Å². The molecule has 0 bridgehead atoms. The normalized spacial score (nSPS) is 16.2. The Bertz CT molecular complexity index is 591. The van der Waals surface area contributed by atoms with E-state index < -0.39 is 0 Å². The minimum atomic E-state index is 0.660. The molecule has 1 aliphatic rings. The smallest absolute Gasteiger partial charge is 0.227 e. The lowest BCUT2D eigenvalue weighted by Gasteiger charge is -2.34. The van der Waals surface area contributed by atoms with Crippen molar-refractivity contribution >= 4 is 17.6 Å². The molecule has 0 spiro atoms. The molecule has 0 saturated carbocycles. The van der Waals surface area contributed by atoms with Crippen molar-refractivity contribution < 1.29 is 4.52 Å². The van der Waals surface area contributed by atoms with Crippen LogP contribution in [0.25, 0.3) is 0 Å². The maximum atomic E-state index is 5.04. The van der Waals surface area contributed by atoms with Crippen LogP contribution in [-0.4, -0.2) is 52.7 Å². The molecule has 2 aromatic heterocycles. The number of hydrogen-bond acceptors (Lipinski definition) is 7. The van der Waals surface area contributed by atoms with Crippen molar-refractivity contribution in [2.45, 2.75) is 13.8 Å². The summed E-state index contributed by atoms with van der Waals surface area (Å²) in [6.45, 7) is 9.18. The molecule has 1 aliphatic heterocycles. The third kappa shape index (κ3) is 3.30. The number of hydrogen-bond donors (Lipinski definition) is 1. The van der Waals surface area contributed by atoms with Gasteiger partial charge in [-0.3, -0.25) is 0 Å². The summed E-state index contributed by atoms with van der Waals surface area (Å²) >= 11 is 0. The lowest BCUT2D eigenvalue weighted by atomic mass is 10.3. The molecule has 0 radical (unpaired) electrons. The maximum absolute atomic E-state index is 5.04. The molecule has 1 saturated heterocycles. The zero-order valence-electron chi connectivity index (χ0n) is 12.4. The van der Waals surface area contributed by atoms with Gasteiger partial charge >= 0.3 is 0 Å². The summed E-state index contributed by atoms with van der Waals surface area (Å²) in [5.41, 5.74) is 0. The van der Waals surface area contributed by atoms with Gasteiger partial charge in [-0.05, 0) is 19.5 Å². The van der Waals surface area contributed by atoms with Crippen LogP contribution >= 0.6 is 0 Å². The van der Waals surface area contributed by atoms with E-state index in [1.807, 2.05) is 19.1 Å². The molecule has 0 amide bonds. The molecule has 21 heavy (non-hydrogen) atoms. The zero-order valence-corrected chi connectivity index (χ0v) is 12.4. The van der Waals surface area contributed by atoms with Gasteiger partial charge in [0.1, 0.15) is 11.6 Å². The van der Waals surface area contributed by atoms with Gasteiger partial charge in [0.15, 0.2) is 5.82 Å². The van der Waals surface area contributed by atoms with Crippen molar-refractivity contribution in [2.24, 2.45) is 0 Å². The lowest BCUT2D eigenvalue weighted by Crippen LogP contribution is -2.46. The number of aryl methyl sites for hydroxylation is 1. The van der Waals surface area contributed by atoms with Crippen LogP contribution in [0.1, 0.15) is 12.7 Å². The van der Waals surface area contributed by atoms with E-state index >= 15 is 0 Å². The molecule has 1 fully saturated rings. The maximum Gasteiger partial charge on any atom is 0.227 e. The van der Waals surface area contributed by atoms with Crippen LogP contribution in [-0.2, 0) is 0 Å². The molecule has 7 heteroatoms. The van der Waals surface area contributed by atoms with Gasteiger partial charge in [0, 0.05) is 38.4 Å². The average molecular weight is 288 g/mol. The molecule has 2 aromatic rings. The molecule has 0 aliphatic carbocycles. The fraction of sp³-hybridized carbons (Fsp3) is 0.500. The number of likely N-dealkylation sites (N-methyl/N-ethyl adjacent to an activating group) is 1. The number of anilines is 3. The van der Waals surface area contributed by atoms with Crippen molar-refractivity contribution in [3.05, 3.63) is 24.1 Å². The molecular weight excluding hydrogens is 268 g/mol. The van der Waals surface area contributed by atoms with Crippen LogP contribution in [0.2, 0.25) is 0 Å². The first-order valence-electron chi connectivity index (χ1n) is 7.25. The topological polar surface area (TPSA) is 70.3 Å². The molecule has 112 valence electrons. The molecule has 0 unspecified atom stereocenters. The van der Waals surface area contributed by atoms with Gasteiger partial charge in [0.25, 0.3) is 0 Å². The molecule has 7 nitrogen and oxygen atoms in total. The molecule has 1 N–H and O–H groups in total. The Morgan fingerprint density at radius 2 is 2.05 bits per heavy atom. The summed E-state index contributed by atoms with van der Waals surface area (Å²) < 4.78 is 5.04. The Labute approximate surface area is 124 Å². The van der Waals surface area contributed by atoms with Crippen LogP contribution in [0.5, 0.6) is 0 Å². The number of piperazine rings is 1. The van der Waals surface area contributed by atoms with Crippen molar-refractivity contribution in [2.75, 3.05) is 42.9 Å². The van der Waals surface area contributed by atoms with Crippen molar-refractivity contribution in [1.82, 2.24) is 20.0 Å². The van der Waals surface area contributed by atoms with E-state index in [2.05, 4.69) is 37.2 Å². The van der Waals surface area contributed by atoms with Gasteiger partial charge in [-0.15, -0.1) is 0 Å². The Morgan fingerprint density at radius 3 is 2.71 bits per heavy atom. The second-order valence-electron chi connectivity index (χ2n) is 5.11. The highest BCUT2D eigenvalue weighted by Crippen LogP contribution is 2.17. The average Bonchev–Trinajstić information content (AvgIpc) is 2.93. The minimum absolute atomic E-state index is 0.660. The fourth-order valence-corrected chi connectivity index (χ4v) is 2.39. The SMILES string of the molecule is CCN1CCN(c2nccc(Nc3cc(C)on3)n2)CC1. The van der Waals surface area contributed by atoms with Crippen LogP contribution in [0.15, 0.2) is 22.9 Å². The standard InChI is InChI=1S/C14H20N6O/c1-3-19-6-8-20(9-7-19)14-15-5-4-12(17-14)16-13-10-11(2)21-18-13/h4-5,10H,3,6-9H2,1-2H3,(H,15,16,17,18). The summed E-state index contributed by atoms with van der Waals surface area (Å²) in [6, 6.07) is 3.66. The van der Waals surface area contributed by atoms with E-state index in [0.717, 1.165) is 50.3 Å². The first kappa shape index (κ1) is 13.8. The monoisotopic (exact) mass is 288 g/mol. The highest BCUT2D eigenvalue weighted by molar-refractivity contribution is 5.52. The first-order chi connectivity index (χ1) is 10.2. The molecular formula is C14H20N6O. The first-order valence-corrected chi connectivity index (χ1v) is 7.25. The summed E-state index contributed by atoms with van der Waals surface area (Å²) in [5.74, 6) is 2.91. The summed E-state index contributed by atoms with van der Waals surface area (Å²) in [7, 11) is 0. The van der Waals surface area contributed by atoms with Crippen molar-refractivity contribution in [1.29, 1.82) is 0 Å². The van der Waals surface area contributed by atoms with Gasteiger partial charge in [-0.1, -0.05) is 12.1 Å². The van der Waals surface area contributed by atoms with Gasteiger partial charge in [-0.25, -0.2) is 4.98 Å². The van der Waals surface area contributed by atoms with Crippen molar-refractivity contribution in [3.8, 4) is 0 Å². The van der Waals surface area contributed by atoms with Crippen LogP contribution < -0.4 is 10.2 Å². The largest absolute Gasteiger partial charge is 0.360 e. The Hall–Kier alpha value is -2.15. The Morgan fingerprint density at radius 1 is 1.24 bits per heavy atom. The number of rotatable bonds is 4. The number of nitrogens with one attached hydrogen (secondary N) is 1. The number of nitrogens with zero attached hydrogens (tertiary/aromatic N) is 5. The molecule has 3 rings (SSSR count). The lowest BCUT2D eigenvalue weighted by molar-refractivity contribution is 0.270. The van der Waals surface area contributed by atoms with Gasteiger partial charge in [0.2, 0.25) is 5.95 Å². The van der Waals surface area contributed by atoms with Crippen LogP contribution in [0.4, 0.5) is 17.6 Å². The van der Waals surface area contributed by atoms with E-state index in [1.54, 1.807) is 6.20 Å².